The van der Waals surface area contributed by atoms with E-state index in [-0.39, 0.29) is 12.5 Å². The van der Waals surface area contributed by atoms with Crippen LogP contribution in [-0.2, 0) is 0 Å². The predicted molar refractivity (Wildman–Crippen MR) is 88.6 cm³/mol. The average molecular weight is 349 g/mol. The predicted octanol–water partition coefficient (Wildman–Crippen LogP) is 3.52. The average Bonchev–Trinajstić information content (AvgIpc) is 3.24. The lowest BCUT2D eigenvalue weighted by Gasteiger charge is -2.08. The molecule has 0 radical (unpaired) electrons. The van der Waals surface area contributed by atoms with E-state index in [1.165, 1.54) is 23.8 Å². The number of benzene rings is 1. The van der Waals surface area contributed by atoms with Gasteiger partial charge in [0.15, 0.2) is 0 Å². The van der Waals surface area contributed by atoms with E-state index in [0.717, 1.165) is 5.56 Å². The van der Waals surface area contributed by atoms with E-state index in [1.54, 1.807) is 18.2 Å². The topological polar surface area (TPSA) is 75.4 Å². The van der Waals surface area contributed by atoms with Crippen LogP contribution in [0.5, 0.6) is 0 Å². The molecule has 0 saturated heterocycles. The first kappa shape index (κ1) is 15.7. The molecular weight excluding hydrogens is 336 g/mol. The summed E-state index contributed by atoms with van der Waals surface area (Å²) in [5.74, 6) is 0.109. The normalized spacial score (nSPS) is 12.1. The van der Waals surface area contributed by atoms with Crippen LogP contribution < -0.4 is 5.32 Å². The fraction of sp³-hybridized carbons (Fsp3) is 0.125. The van der Waals surface area contributed by atoms with Crippen LogP contribution >= 0.6 is 22.9 Å². The monoisotopic (exact) mass is 348 g/mol. The number of aliphatic hydroxyl groups is 1. The Bertz CT molecular complexity index is 801. The summed E-state index contributed by atoms with van der Waals surface area (Å²) >= 11 is 7.37. The molecule has 0 bridgehead atoms. The number of carbonyl (C=O) groups is 1. The first-order valence-corrected chi connectivity index (χ1v) is 8.05. The minimum absolute atomic E-state index is 0.0612. The van der Waals surface area contributed by atoms with Gasteiger partial charge < -0.3 is 14.8 Å². The summed E-state index contributed by atoms with van der Waals surface area (Å²) in [5, 5.41) is 13.8. The standard InChI is InChI=1S/C16H13ClN2O3S/c17-11-5-2-1-4-10(11)16-19-9-14(23-16)15(21)18-8-12(20)13-6-3-7-22-13/h1-7,9,12,20H,8H2,(H,18,21). The van der Waals surface area contributed by atoms with Crippen LogP contribution in [-0.4, -0.2) is 22.5 Å². The van der Waals surface area contributed by atoms with E-state index in [4.69, 9.17) is 16.0 Å². The number of nitrogens with one attached hydrogen (secondary N) is 1. The van der Waals surface area contributed by atoms with Crippen molar-refractivity contribution in [2.75, 3.05) is 6.54 Å². The molecule has 0 aliphatic carbocycles. The van der Waals surface area contributed by atoms with Crippen LogP contribution in [0.4, 0.5) is 0 Å². The third-order valence-electron chi connectivity index (χ3n) is 3.16. The highest BCUT2D eigenvalue weighted by Crippen LogP contribution is 2.30. The Morgan fingerprint density at radius 3 is 2.91 bits per heavy atom. The molecule has 0 aliphatic heterocycles. The second kappa shape index (κ2) is 6.95. The number of aliphatic hydroxyl groups excluding tert-OH is 1. The summed E-state index contributed by atoms with van der Waals surface area (Å²) < 4.78 is 5.08. The minimum atomic E-state index is -0.884. The molecule has 2 aromatic heterocycles. The van der Waals surface area contributed by atoms with E-state index in [0.29, 0.717) is 20.7 Å². The van der Waals surface area contributed by atoms with E-state index in [2.05, 4.69) is 10.3 Å². The first-order chi connectivity index (χ1) is 11.1. The summed E-state index contributed by atoms with van der Waals surface area (Å²) in [6, 6.07) is 10.7. The molecule has 2 heterocycles. The Morgan fingerprint density at radius 1 is 1.35 bits per heavy atom. The van der Waals surface area contributed by atoms with E-state index in [1.807, 2.05) is 18.2 Å². The van der Waals surface area contributed by atoms with Crippen molar-refractivity contribution in [2.45, 2.75) is 6.10 Å². The van der Waals surface area contributed by atoms with Gasteiger partial charge in [-0.05, 0) is 18.2 Å². The molecule has 1 atom stereocenters. The quantitative estimate of drug-likeness (QED) is 0.739. The molecule has 1 aromatic carbocycles. The Hall–Kier alpha value is -2.15. The highest BCUT2D eigenvalue weighted by Gasteiger charge is 2.16. The maximum absolute atomic E-state index is 12.1. The van der Waals surface area contributed by atoms with Crippen LogP contribution in [0.1, 0.15) is 21.5 Å². The number of nitrogens with zero attached hydrogens (tertiary/aromatic N) is 1. The molecule has 23 heavy (non-hydrogen) atoms. The molecule has 0 saturated carbocycles. The van der Waals surface area contributed by atoms with Gasteiger partial charge in [-0.25, -0.2) is 4.98 Å². The lowest BCUT2D eigenvalue weighted by atomic mass is 10.2. The van der Waals surface area contributed by atoms with Gasteiger partial charge >= 0.3 is 0 Å². The zero-order valence-corrected chi connectivity index (χ0v) is 13.5. The molecule has 2 N–H and O–H groups in total. The number of thiazole rings is 1. The van der Waals surface area contributed by atoms with Crippen LogP contribution in [0, 0.1) is 0 Å². The van der Waals surface area contributed by atoms with Gasteiger partial charge in [0.1, 0.15) is 21.7 Å². The fourth-order valence-electron chi connectivity index (χ4n) is 2.00. The van der Waals surface area contributed by atoms with Gasteiger partial charge in [-0.15, -0.1) is 11.3 Å². The van der Waals surface area contributed by atoms with Gasteiger partial charge in [0.05, 0.1) is 24.0 Å². The number of halogens is 1. The van der Waals surface area contributed by atoms with Crippen molar-refractivity contribution in [1.29, 1.82) is 0 Å². The largest absolute Gasteiger partial charge is 0.467 e. The molecule has 3 rings (SSSR count). The van der Waals surface area contributed by atoms with Gasteiger partial charge in [0.2, 0.25) is 0 Å². The molecule has 7 heteroatoms. The zero-order valence-electron chi connectivity index (χ0n) is 11.9. The Kier molecular flexibility index (Phi) is 4.76. The number of rotatable bonds is 5. The van der Waals surface area contributed by atoms with Crippen molar-refractivity contribution in [3.63, 3.8) is 0 Å². The van der Waals surface area contributed by atoms with Crippen LogP contribution in [0.25, 0.3) is 10.6 Å². The van der Waals surface area contributed by atoms with Crippen molar-refractivity contribution in [2.24, 2.45) is 0 Å². The third-order valence-corrected chi connectivity index (χ3v) is 4.52. The van der Waals surface area contributed by atoms with E-state index >= 15 is 0 Å². The molecule has 1 amide bonds. The second-order valence-corrected chi connectivity index (χ2v) is 6.19. The number of furan rings is 1. The van der Waals surface area contributed by atoms with E-state index < -0.39 is 6.10 Å². The van der Waals surface area contributed by atoms with Gasteiger partial charge in [-0.2, -0.15) is 0 Å². The van der Waals surface area contributed by atoms with Crippen molar-refractivity contribution in [1.82, 2.24) is 10.3 Å². The number of aromatic nitrogens is 1. The maximum Gasteiger partial charge on any atom is 0.263 e. The number of carbonyl (C=O) groups excluding carboxylic acids is 1. The maximum atomic E-state index is 12.1. The van der Waals surface area contributed by atoms with Crippen molar-refractivity contribution in [3.8, 4) is 10.6 Å². The lowest BCUT2D eigenvalue weighted by molar-refractivity contribution is 0.0905. The highest BCUT2D eigenvalue weighted by molar-refractivity contribution is 7.17. The third kappa shape index (κ3) is 3.61. The molecule has 118 valence electrons. The van der Waals surface area contributed by atoms with Gasteiger partial charge in [-0.1, -0.05) is 29.8 Å². The second-order valence-electron chi connectivity index (χ2n) is 4.75. The minimum Gasteiger partial charge on any atom is -0.467 e. The first-order valence-electron chi connectivity index (χ1n) is 6.85. The summed E-state index contributed by atoms with van der Waals surface area (Å²) in [6.45, 7) is 0.0612. The molecule has 0 fully saturated rings. The number of hydrogen-bond acceptors (Lipinski definition) is 5. The van der Waals surface area contributed by atoms with Crippen LogP contribution in [0.3, 0.4) is 0 Å². The van der Waals surface area contributed by atoms with Crippen LogP contribution in [0.2, 0.25) is 5.02 Å². The molecule has 0 spiro atoms. The zero-order chi connectivity index (χ0) is 16.2. The Morgan fingerprint density at radius 2 is 2.17 bits per heavy atom. The molecular formula is C16H13ClN2O3S. The van der Waals surface area contributed by atoms with Gasteiger partial charge in [0.25, 0.3) is 5.91 Å². The number of amides is 1. The summed E-state index contributed by atoms with van der Waals surface area (Å²) in [6.07, 6.45) is 2.09. The fourth-order valence-corrected chi connectivity index (χ4v) is 3.15. The van der Waals surface area contributed by atoms with Crippen molar-refractivity contribution in [3.05, 3.63) is 64.5 Å². The van der Waals surface area contributed by atoms with Crippen molar-refractivity contribution >= 4 is 28.8 Å². The number of hydrogen-bond donors (Lipinski definition) is 2. The molecule has 0 aliphatic rings. The summed E-state index contributed by atoms with van der Waals surface area (Å²) in [5.41, 5.74) is 0.786. The Balaban J connectivity index is 1.66. The Labute approximate surface area is 141 Å². The SMILES string of the molecule is O=C(NCC(O)c1ccco1)c1cnc(-c2ccccc2Cl)s1. The lowest BCUT2D eigenvalue weighted by Crippen LogP contribution is -2.27. The summed E-state index contributed by atoms with van der Waals surface area (Å²) in [7, 11) is 0. The molecule has 1 unspecified atom stereocenters. The highest BCUT2D eigenvalue weighted by atomic mass is 35.5. The van der Waals surface area contributed by atoms with Gasteiger partial charge in [-0.3, -0.25) is 4.79 Å². The molecule has 5 nitrogen and oxygen atoms in total. The van der Waals surface area contributed by atoms with Crippen molar-refractivity contribution < 1.29 is 14.3 Å². The smallest absolute Gasteiger partial charge is 0.263 e. The summed E-state index contributed by atoms with van der Waals surface area (Å²) in [4.78, 5) is 16.8. The molecule has 3 aromatic rings. The van der Waals surface area contributed by atoms with Crippen LogP contribution in [0.15, 0.2) is 53.3 Å². The van der Waals surface area contributed by atoms with Gasteiger partial charge in [0, 0.05) is 5.56 Å². The van der Waals surface area contributed by atoms with E-state index in [9.17, 15) is 9.90 Å².